The minimum Gasteiger partial charge on any atom is -0.506 e. The van der Waals surface area contributed by atoms with Crippen molar-refractivity contribution in [1.29, 1.82) is 0 Å². The van der Waals surface area contributed by atoms with Crippen molar-refractivity contribution in [3.05, 3.63) is 23.8 Å². The fraction of sp³-hybridized carbons (Fsp3) is 0.462. The molecule has 0 spiro atoms. The van der Waals surface area contributed by atoms with Gasteiger partial charge in [-0.15, -0.1) is 11.6 Å². The van der Waals surface area contributed by atoms with Crippen molar-refractivity contribution >= 4 is 23.4 Å². The van der Waals surface area contributed by atoms with Gasteiger partial charge in [-0.1, -0.05) is 6.07 Å². The normalized spacial score (nSPS) is 12.9. The third-order valence-electron chi connectivity index (χ3n) is 2.19. The topological polar surface area (TPSA) is 78.8 Å². The second kappa shape index (κ2) is 6.12. The Morgan fingerprint density at radius 1 is 1.47 bits per heavy atom. The van der Waals surface area contributed by atoms with E-state index in [9.17, 15) is 15.0 Å². The highest BCUT2D eigenvalue weighted by Gasteiger charge is 2.18. The number of hydrogen-bond donors (Lipinski definition) is 3. The number of aliphatic hydroxyl groups is 1. The molecule has 19 heavy (non-hydrogen) atoms. The molecule has 0 radical (unpaired) electrons. The fourth-order valence-corrected chi connectivity index (χ4v) is 1.54. The predicted molar refractivity (Wildman–Crippen MR) is 73.6 cm³/mol. The Balaban J connectivity index is 2.85. The Morgan fingerprint density at radius 2 is 2.11 bits per heavy atom. The zero-order valence-corrected chi connectivity index (χ0v) is 11.9. The minimum atomic E-state index is -0.860. The van der Waals surface area contributed by atoms with Crippen LogP contribution in [-0.4, -0.2) is 27.8 Å². The zero-order chi connectivity index (χ0) is 14.6. The third-order valence-corrected chi connectivity index (χ3v) is 2.48. The number of anilines is 1. The summed E-state index contributed by atoms with van der Waals surface area (Å²) in [6.07, 6.45) is -1.54. The lowest BCUT2D eigenvalue weighted by molar-refractivity contribution is 0.0635. The van der Waals surface area contributed by atoms with Gasteiger partial charge in [-0.3, -0.25) is 5.32 Å². The van der Waals surface area contributed by atoms with Crippen LogP contribution in [0.4, 0.5) is 10.5 Å². The average molecular weight is 288 g/mol. The van der Waals surface area contributed by atoms with Gasteiger partial charge in [-0.25, -0.2) is 4.79 Å². The first-order valence-electron chi connectivity index (χ1n) is 5.80. The van der Waals surface area contributed by atoms with Gasteiger partial charge < -0.3 is 14.9 Å². The number of hydrogen-bond acceptors (Lipinski definition) is 4. The SMILES string of the molecule is CC(C)(C)OC(=O)Nc1cc(C(O)CCl)ccc1O. The van der Waals surface area contributed by atoms with E-state index in [1.54, 1.807) is 20.8 Å². The van der Waals surface area contributed by atoms with Gasteiger partial charge in [0.05, 0.1) is 17.7 Å². The molecular formula is C13H18ClNO4. The van der Waals surface area contributed by atoms with E-state index in [0.29, 0.717) is 5.56 Å². The largest absolute Gasteiger partial charge is 0.506 e. The number of ether oxygens (including phenoxy) is 1. The molecule has 0 saturated carbocycles. The van der Waals surface area contributed by atoms with Gasteiger partial charge in [-0.05, 0) is 38.5 Å². The molecule has 0 fully saturated rings. The molecule has 1 atom stereocenters. The van der Waals surface area contributed by atoms with Crippen LogP contribution in [0.2, 0.25) is 0 Å². The Morgan fingerprint density at radius 3 is 2.63 bits per heavy atom. The molecule has 0 aliphatic carbocycles. The number of alkyl halides is 1. The summed E-state index contributed by atoms with van der Waals surface area (Å²) in [6.45, 7) is 5.21. The lowest BCUT2D eigenvalue weighted by atomic mass is 10.1. The number of amides is 1. The molecule has 0 bridgehead atoms. The van der Waals surface area contributed by atoms with Gasteiger partial charge in [0.1, 0.15) is 11.4 Å². The predicted octanol–water partition coefficient (Wildman–Crippen LogP) is 3.01. The first-order valence-corrected chi connectivity index (χ1v) is 6.33. The molecule has 3 N–H and O–H groups in total. The summed E-state index contributed by atoms with van der Waals surface area (Å²) in [5.74, 6) is -0.0900. The Kier molecular flexibility index (Phi) is 5.03. The van der Waals surface area contributed by atoms with E-state index in [0.717, 1.165) is 0 Å². The highest BCUT2D eigenvalue weighted by molar-refractivity contribution is 6.18. The molecule has 106 valence electrons. The second-order valence-corrected chi connectivity index (χ2v) is 5.38. The molecule has 6 heteroatoms. The number of rotatable bonds is 3. The number of carbonyl (C=O) groups excluding carboxylic acids is 1. The standard InChI is InChI=1S/C13H18ClNO4/c1-13(2,3)19-12(18)15-9-6-8(11(17)7-14)4-5-10(9)16/h4-6,11,16-17H,7H2,1-3H3,(H,15,18). The quantitative estimate of drug-likeness (QED) is 0.590. The van der Waals surface area contributed by atoms with Crippen molar-refractivity contribution < 1.29 is 19.7 Å². The van der Waals surface area contributed by atoms with Crippen LogP contribution >= 0.6 is 11.6 Å². The highest BCUT2D eigenvalue weighted by Crippen LogP contribution is 2.28. The van der Waals surface area contributed by atoms with Crippen LogP contribution in [0, 0.1) is 0 Å². The van der Waals surface area contributed by atoms with Gasteiger partial charge in [0.15, 0.2) is 0 Å². The molecule has 0 aliphatic rings. The minimum absolute atomic E-state index is 0.0245. The maximum Gasteiger partial charge on any atom is 0.412 e. The number of nitrogens with one attached hydrogen (secondary N) is 1. The van der Waals surface area contributed by atoms with E-state index in [2.05, 4.69) is 5.32 Å². The summed E-state index contributed by atoms with van der Waals surface area (Å²) < 4.78 is 5.07. The van der Waals surface area contributed by atoms with Crippen LogP contribution < -0.4 is 5.32 Å². The van der Waals surface area contributed by atoms with Gasteiger partial charge in [0, 0.05) is 0 Å². The van der Waals surface area contributed by atoms with Crippen molar-refractivity contribution in [1.82, 2.24) is 0 Å². The second-order valence-electron chi connectivity index (χ2n) is 5.07. The summed E-state index contributed by atoms with van der Waals surface area (Å²) >= 11 is 5.55. The molecular weight excluding hydrogens is 270 g/mol. The monoisotopic (exact) mass is 287 g/mol. The van der Waals surface area contributed by atoms with E-state index < -0.39 is 17.8 Å². The molecule has 0 aliphatic heterocycles. The molecule has 0 heterocycles. The molecule has 1 aromatic carbocycles. The van der Waals surface area contributed by atoms with Crippen LogP contribution in [0.5, 0.6) is 5.75 Å². The van der Waals surface area contributed by atoms with Crippen LogP contribution in [0.15, 0.2) is 18.2 Å². The molecule has 0 saturated heterocycles. The van der Waals surface area contributed by atoms with Gasteiger partial charge in [0.25, 0.3) is 0 Å². The summed E-state index contributed by atoms with van der Waals surface area (Å²) in [7, 11) is 0. The van der Waals surface area contributed by atoms with Gasteiger partial charge >= 0.3 is 6.09 Å². The van der Waals surface area contributed by atoms with Crippen LogP contribution in [0.1, 0.15) is 32.4 Å². The van der Waals surface area contributed by atoms with Gasteiger partial charge in [-0.2, -0.15) is 0 Å². The number of halogens is 1. The van der Waals surface area contributed by atoms with Crippen molar-refractivity contribution in [2.45, 2.75) is 32.5 Å². The van der Waals surface area contributed by atoms with E-state index >= 15 is 0 Å². The van der Waals surface area contributed by atoms with E-state index in [4.69, 9.17) is 16.3 Å². The molecule has 1 aromatic rings. The lowest BCUT2D eigenvalue weighted by Crippen LogP contribution is -2.27. The van der Waals surface area contributed by atoms with Crippen LogP contribution in [0.25, 0.3) is 0 Å². The molecule has 1 amide bonds. The summed E-state index contributed by atoms with van der Waals surface area (Å²) in [6, 6.07) is 4.35. The van der Waals surface area contributed by atoms with E-state index in [-0.39, 0.29) is 17.3 Å². The van der Waals surface area contributed by atoms with Crippen molar-refractivity contribution in [2.75, 3.05) is 11.2 Å². The molecule has 5 nitrogen and oxygen atoms in total. The van der Waals surface area contributed by atoms with Crippen molar-refractivity contribution in [3.63, 3.8) is 0 Å². The summed E-state index contributed by atoms with van der Waals surface area (Å²) in [5, 5.41) is 21.7. The Hall–Kier alpha value is -1.46. The highest BCUT2D eigenvalue weighted by atomic mass is 35.5. The Labute approximate surface area is 117 Å². The smallest absolute Gasteiger partial charge is 0.412 e. The Bertz CT molecular complexity index is 456. The number of phenolic OH excluding ortho intramolecular Hbond substituents is 1. The lowest BCUT2D eigenvalue weighted by Gasteiger charge is -2.20. The molecule has 1 rings (SSSR count). The average Bonchev–Trinajstić information content (AvgIpc) is 2.28. The first-order chi connectivity index (χ1) is 8.73. The summed E-state index contributed by atoms with van der Waals surface area (Å²) in [5.41, 5.74) is 0.0299. The number of aliphatic hydroxyl groups excluding tert-OH is 1. The maximum atomic E-state index is 11.6. The molecule has 0 aromatic heterocycles. The zero-order valence-electron chi connectivity index (χ0n) is 11.1. The number of carbonyl (C=O) groups is 1. The number of aromatic hydroxyl groups is 1. The van der Waals surface area contributed by atoms with Crippen molar-refractivity contribution in [2.24, 2.45) is 0 Å². The fourth-order valence-electron chi connectivity index (χ4n) is 1.36. The van der Waals surface area contributed by atoms with Crippen LogP contribution in [-0.2, 0) is 4.74 Å². The first kappa shape index (κ1) is 15.6. The van der Waals surface area contributed by atoms with E-state index in [1.807, 2.05) is 0 Å². The van der Waals surface area contributed by atoms with E-state index in [1.165, 1.54) is 18.2 Å². The number of benzene rings is 1. The number of phenols is 1. The molecule has 1 unspecified atom stereocenters. The van der Waals surface area contributed by atoms with Gasteiger partial charge in [0.2, 0.25) is 0 Å². The third kappa shape index (κ3) is 4.96. The van der Waals surface area contributed by atoms with Crippen LogP contribution in [0.3, 0.4) is 0 Å². The maximum absolute atomic E-state index is 11.6. The van der Waals surface area contributed by atoms with Crippen molar-refractivity contribution in [3.8, 4) is 5.75 Å². The summed E-state index contributed by atoms with van der Waals surface area (Å²) in [4.78, 5) is 11.6.